The van der Waals surface area contributed by atoms with E-state index in [1.807, 2.05) is 18.7 Å². The molecule has 0 spiro atoms. The van der Waals surface area contributed by atoms with Gasteiger partial charge in [0.25, 0.3) is 0 Å². The van der Waals surface area contributed by atoms with Gasteiger partial charge >= 0.3 is 0 Å². The van der Waals surface area contributed by atoms with E-state index in [0.717, 1.165) is 57.8 Å². The van der Waals surface area contributed by atoms with Crippen LogP contribution in [0, 0.1) is 5.92 Å². The van der Waals surface area contributed by atoms with Gasteiger partial charge in [-0.15, -0.1) is 0 Å². The quantitative estimate of drug-likeness (QED) is 0.763. The molecule has 0 aliphatic carbocycles. The van der Waals surface area contributed by atoms with Gasteiger partial charge in [0, 0.05) is 13.1 Å². The highest BCUT2D eigenvalue weighted by atomic mass is 16.5. The third-order valence-electron chi connectivity index (χ3n) is 4.23. The molecular formula is C17H34N2O3. The molecule has 1 amide bonds. The van der Waals surface area contributed by atoms with Crippen LogP contribution in [-0.4, -0.2) is 62.9 Å². The summed E-state index contributed by atoms with van der Waals surface area (Å²) >= 11 is 0. The number of nitrogens with one attached hydrogen (secondary N) is 1. The molecule has 2 heterocycles. The molecule has 5 nitrogen and oxygen atoms in total. The van der Waals surface area contributed by atoms with E-state index < -0.39 is 0 Å². The minimum atomic E-state index is 0.124. The average molecular weight is 314 g/mol. The van der Waals surface area contributed by atoms with Crippen LogP contribution >= 0.6 is 0 Å². The molecule has 2 rings (SSSR count). The van der Waals surface area contributed by atoms with Crippen LogP contribution in [0.3, 0.4) is 0 Å². The molecule has 22 heavy (non-hydrogen) atoms. The van der Waals surface area contributed by atoms with E-state index in [2.05, 4.69) is 12.2 Å². The van der Waals surface area contributed by atoms with Gasteiger partial charge in [0.05, 0.1) is 19.3 Å². The molecule has 2 saturated heterocycles. The van der Waals surface area contributed by atoms with E-state index in [1.54, 1.807) is 0 Å². The van der Waals surface area contributed by atoms with Crippen LogP contribution in [0.15, 0.2) is 0 Å². The maximum absolute atomic E-state index is 11.9. The van der Waals surface area contributed by atoms with Crippen molar-refractivity contribution in [2.75, 3.05) is 46.0 Å². The highest BCUT2D eigenvalue weighted by molar-refractivity contribution is 5.77. The Balaban J connectivity index is 0.00000116. The van der Waals surface area contributed by atoms with Gasteiger partial charge in [0.15, 0.2) is 0 Å². The first-order valence-electron chi connectivity index (χ1n) is 8.93. The molecule has 1 N–H and O–H groups in total. The summed E-state index contributed by atoms with van der Waals surface area (Å²) in [6.45, 7) is 11.4. The fourth-order valence-electron chi connectivity index (χ4n) is 2.74. The number of rotatable bonds is 6. The van der Waals surface area contributed by atoms with Crippen molar-refractivity contribution < 1.29 is 14.3 Å². The van der Waals surface area contributed by atoms with Crippen molar-refractivity contribution in [3.63, 3.8) is 0 Å². The monoisotopic (exact) mass is 314 g/mol. The number of carbonyl (C=O) groups excluding carboxylic acids is 1. The van der Waals surface area contributed by atoms with E-state index in [-0.39, 0.29) is 12.5 Å². The summed E-state index contributed by atoms with van der Waals surface area (Å²) in [6, 6.07) is 0. The maximum atomic E-state index is 11.9. The highest BCUT2D eigenvalue weighted by Crippen LogP contribution is 2.15. The predicted molar refractivity (Wildman–Crippen MR) is 89.0 cm³/mol. The van der Waals surface area contributed by atoms with E-state index in [0.29, 0.717) is 19.3 Å². The van der Waals surface area contributed by atoms with Crippen molar-refractivity contribution in [1.82, 2.24) is 10.2 Å². The molecule has 0 unspecified atom stereocenters. The first-order valence-corrected chi connectivity index (χ1v) is 8.93. The minimum Gasteiger partial charge on any atom is -0.376 e. The Bertz CT molecular complexity index is 286. The van der Waals surface area contributed by atoms with Gasteiger partial charge in [-0.1, -0.05) is 20.8 Å². The Labute approximate surface area is 135 Å². The van der Waals surface area contributed by atoms with Crippen LogP contribution in [0.2, 0.25) is 0 Å². The third-order valence-corrected chi connectivity index (χ3v) is 4.23. The van der Waals surface area contributed by atoms with Crippen LogP contribution < -0.4 is 5.32 Å². The fraction of sp³-hybridized carbons (Fsp3) is 0.941. The summed E-state index contributed by atoms with van der Waals surface area (Å²) in [5, 5.41) is 3.31. The second kappa shape index (κ2) is 11.9. The number of hydrogen-bond acceptors (Lipinski definition) is 4. The van der Waals surface area contributed by atoms with E-state index in [9.17, 15) is 4.79 Å². The lowest BCUT2D eigenvalue weighted by Crippen LogP contribution is -2.40. The van der Waals surface area contributed by atoms with E-state index in [1.165, 1.54) is 0 Å². The fourth-order valence-corrected chi connectivity index (χ4v) is 2.74. The molecule has 0 aromatic heterocycles. The van der Waals surface area contributed by atoms with Crippen LogP contribution in [0.5, 0.6) is 0 Å². The van der Waals surface area contributed by atoms with Gasteiger partial charge in [0.1, 0.15) is 6.61 Å². The van der Waals surface area contributed by atoms with E-state index in [4.69, 9.17) is 9.47 Å². The number of ether oxygens (including phenoxy) is 2. The molecule has 2 fully saturated rings. The molecule has 0 bridgehead atoms. The van der Waals surface area contributed by atoms with Gasteiger partial charge in [-0.2, -0.15) is 0 Å². The number of likely N-dealkylation sites (tertiary alicyclic amines) is 1. The lowest BCUT2D eigenvalue weighted by atomic mass is 9.99. The summed E-state index contributed by atoms with van der Waals surface area (Å²) in [6.07, 6.45) is 4.74. The minimum absolute atomic E-state index is 0.124. The van der Waals surface area contributed by atoms with Crippen LogP contribution in [0.25, 0.3) is 0 Å². The van der Waals surface area contributed by atoms with Crippen molar-refractivity contribution in [1.29, 1.82) is 0 Å². The topological polar surface area (TPSA) is 50.8 Å². The molecule has 0 atom stereocenters. The Hall–Kier alpha value is -0.650. The van der Waals surface area contributed by atoms with Gasteiger partial charge in [-0.25, -0.2) is 0 Å². The third kappa shape index (κ3) is 7.56. The molecule has 2 aliphatic rings. The summed E-state index contributed by atoms with van der Waals surface area (Å²) in [5.74, 6) is 0.872. The second-order valence-electron chi connectivity index (χ2n) is 5.94. The van der Waals surface area contributed by atoms with E-state index >= 15 is 0 Å². The zero-order chi connectivity index (χ0) is 16.2. The lowest BCUT2D eigenvalue weighted by molar-refractivity contribution is -0.138. The number of piperidine rings is 2. The zero-order valence-electron chi connectivity index (χ0n) is 14.6. The summed E-state index contributed by atoms with van der Waals surface area (Å²) < 4.78 is 11.2. The lowest BCUT2D eigenvalue weighted by Gasteiger charge is -2.30. The second-order valence-corrected chi connectivity index (χ2v) is 5.94. The molecule has 2 aliphatic heterocycles. The average Bonchev–Trinajstić information content (AvgIpc) is 2.58. The maximum Gasteiger partial charge on any atom is 0.248 e. The van der Waals surface area contributed by atoms with Crippen LogP contribution in [-0.2, 0) is 14.3 Å². The molecule has 0 saturated carbocycles. The largest absolute Gasteiger partial charge is 0.376 e. The molecule has 0 aromatic carbocycles. The zero-order valence-corrected chi connectivity index (χ0v) is 14.6. The number of carbonyl (C=O) groups is 1. The summed E-state index contributed by atoms with van der Waals surface area (Å²) in [5.41, 5.74) is 0. The Morgan fingerprint density at radius 2 is 1.73 bits per heavy atom. The highest BCUT2D eigenvalue weighted by Gasteiger charge is 2.20. The number of amides is 1. The van der Waals surface area contributed by atoms with Crippen molar-refractivity contribution in [2.24, 2.45) is 5.92 Å². The molecule has 130 valence electrons. The molecule has 5 heteroatoms. The Kier molecular flexibility index (Phi) is 10.5. The van der Waals surface area contributed by atoms with Gasteiger partial charge in [-0.3, -0.25) is 4.79 Å². The summed E-state index contributed by atoms with van der Waals surface area (Å²) in [7, 11) is 0. The van der Waals surface area contributed by atoms with Crippen LogP contribution in [0.1, 0.15) is 46.5 Å². The van der Waals surface area contributed by atoms with Crippen LogP contribution in [0.4, 0.5) is 0 Å². The molecule has 0 aromatic rings. The summed E-state index contributed by atoms with van der Waals surface area (Å²) in [4.78, 5) is 13.8. The Morgan fingerprint density at radius 3 is 2.36 bits per heavy atom. The smallest absolute Gasteiger partial charge is 0.248 e. The Morgan fingerprint density at radius 1 is 1.09 bits per heavy atom. The van der Waals surface area contributed by atoms with Gasteiger partial charge in [0.2, 0.25) is 5.91 Å². The molecular weight excluding hydrogens is 280 g/mol. The van der Waals surface area contributed by atoms with Crippen molar-refractivity contribution in [3.05, 3.63) is 0 Å². The molecule has 0 radical (unpaired) electrons. The van der Waals surface area contributed by atoms with Crippen molar-refractivity contribution in [3.8, 4) is 0 Å². The van der Waals surface area contributed by atoms with Crippen molar-refractivity contribution in [2.45, 2.75) is 52.6 Å². The standard InChI is InChI=1S/C15H28N2O3.C2H6/c1-13-4-8-17(9-5-13)15(18)12-19-10-11-20-14-2-6-16-7-3-14;1-2/h13-14,16H,2-12H2,1H3;1-2H3. The normalized spacial score (nSPS) is 20.4. The predicted octanol–water partition coefficient (Wildman–Crippen LogP) is 2.06. The van der Waals surface area contributed by atoms with Gasteiger partial charge < -0.3 is 19.7 Å². The number of nitrogens with zero attached hydrogens (tertiary/aromatic N) is 1. The number of hydrogen-bond donors (Lipinski definition) is 1. The first-order chi connectivity index (χ1) is 10.8. The van der Waals surface area contributed by atoms with Crippen molar-refractivity contribution >= 4 is 5.91 Å². The van der Waals surface area contributed by atoms with Gasteiger partial charge in [-0.05, 0) is 44.7 Å². The SMILES string of the molecule is CC.CC1CCN(C(=O)COCCOC2CCNCC2)CC1. The first kappa shape index (κ1) is 19.4.